The van der Waals surface area contributed by atoms with E-state index in [1.165, 1.54) is 0 Å². The maximum Gasteiger partial charge on any atom is 0.129 e. The van der Waals surface area contributed by atoms with Gasteiger partial charge in [-0.1, -0.05) is 11.6 Å². The van der Waals surface area contributed by atoms with Crippen molar-refractivity contribution in [1.82, 2.24) is 5.43 Å². The van der Waals surface area contributed by atoms with Crippen LogP contribution in [0.25, 0.3) is 0 Å². The molecule has 0 saturated heterocycles. The molecule has 1 aliphatic rings. The van der Waals surface area contributed by atoms with E-state index in [1.54, 1.807) is 11.2 Å². The second kappa shape index (κ2) is 4.44. The fourth-order valence-corrected chi connectivity index (χ4v) is 2.20. The fraction of sp³-hybridized carbons (Fsp3) is 0.0769. The third-order valence-electron chi connectivity index (χ3n) is 2.91. The number of fused-ring (bicyclic) bond motifs is 1. The third-order valence-corrected chi connectivity index (χ3v) is 3.20. The highest BCUT2D eigenvalue weighted by Crippen LogP contribution is 2.39. The van der Waals surface area contributed by atoms with E-state index in [2.05, 4.69) is 16.2 Å². The molecular weight excluding hydrogens is 262 g/mol. The van der Waals surface area contributed by atoms with Crippen LogP contribution in [0.2, 0.25) is 5.02 Å². The van der Waals surface area contributed by atoms with Gasteiger partial charge in [0.15, 0.2) is 0 Å². The molecule has 1 aliphatic heterocycles. The van der Waals surface area contributed by atoms with Gasteiger partial charge in [0, 0.05) is 18.4 Å². The summed E-state index contributed by atoms with van der Waals surface area (Å²) in [6, 6.07) is 11.4. The summed E-state index contributed by atoms with van der Waals surface area (Å²) < 4.78 is 0. The highest BCUT2D eigenvalue weighted by Gasteiger charge is 2.23. The van der Waals surface area contributed by atoms with Gasteiger partial charge >= 0.3 is 0 Å². The predicted molar refractivity (Wildman–Crippen MR) is 79.7 cm³/mol. The number of hydrogen-bond donors (Lipinski definition) is 3. The molecule has 0 aromatic heterocycles. The number of nitrogen functional groups attached to an aromatic ring is 1. The molecule has 0 fully saturated rings. The Morgan fingerprint density at radius 2 is 2.00 bits per heavy atom. The van der Waals surface area contributed by atoms with E-state index in [0.29, 0.717) is 16.4 Å². The fourth-order valence-electron chi connectivity index (χ4n) is 1.94. The Hall–Kier alpha value is -2.27. The van der Waals surface area contributed by atoms with Crippen LogP contribution in [-0.2, 0) is 0 Å². The summed E-state index contributed by atoms with van der Waals surface area (Å²) in [6.45, 7) is 0. The van der Waals surface area contributed by atoms with Gasteiger partial charge in [0.2, 0.25) is 0 Å². The Balaban J connectivity index is 1.88. The van der Waals surface area contributed by atoms with Crippen molar-refractivity contribution in [2.75, 3.05) is 28.6 Å². The molecule has 0 unspecified atom stereocenters. The van der Waals surface area contributed by atoms with Crippen molar-refractivity contribution < 1.29 is 0 Å². The zero-order valence-electron chi connectivity index (χ0n) is 10.3. The number of nitrogens with two attached hydrogens (primary N) is 1. The molecule has 4 N–H and O–H groups in total. The van der Waals surface area contributed by atoms with Crippen molar-refractivity contribution in [2.45, 2.75) is 0 Å². The largest absolute Gasteiger partial charge is 0.399 e. The van der Waals surface area contributed by atoms with Gasteiger partial charge in [-0.15, -0.1) is 5.43 Å². The Morgan fingerprint density at radius 3 is 2.68 bits per heavy atom. The number of hydrogen-bond acceptors (Lipinski definition) is 4. The molecule has 2 aromatic carbocycles. The van der Waals surface area contributed by atoms with Crippen molar-refractivity contribution in [2.24, 2.45) is 0 Å². The Morgan fingerprint density at radius 1 is 1.26 bits per heavy atom. The van der Waals surface area contributed by atoms with E-state index < -0.39 is 0 Å². The SMILES string of the molecule is CNc1ccc(N2[N]c3c(Cl)cc(N)cc3N2)cc1. The Kier molecular flexibility index (Phi) is 2.76. The number of hydrazine groups is 1. The lowest BCUT2D eigenvalue weighted by atomic mass is 10.2. The maximum absolute atomic E-state index is 6.12. The van der Waals surface area contributed by atoms with Crippen LogP contribution in [0.3, 0.4) is 0 Å². The number of nitrogens with zero attached hydrogens (tertiary/aromatic N) is 2. The van der Waals surface area contributed by atoms with E-state index in [1.807, 2.05) is 37.4 Å². The van der Waals surface area contributed by atoms with E-state index >= 15 is 0 Å². The monoisotopic (exact) mass is 274 g/mol. The minimum Gasteiger partial charge on any atom is -0.399 e. The first-order chi connectivity index (χ1) is 9.17. The molecule has 3 rings (SSSR count). The second-order valence-electron chi connectivity index (χ2n) is 4.22. The summed E-state index contributed by atoms with van der Waals surface area (Å²) in [4.78, 5) is 0. The van der Waals surface area contributed by atoms with Crippen LogP contribution < -0.4 is 27.0 Å². The average Bonchev–Trinajstić information content (AvgIpc) is 2.83. The predicted octanol–water partition coefficient (Wildman–Crippen LogP) is 2.96. The Bertz CT molecular complexity index is 611. The van der Waals surface area contributed by atoms with Crippen molar-refractivity contribution in [1.29, 1.82) is 0 Å². The highest BCUT2D eigenvalue weighted by atomic mass is 35.5. The van der Waals surface area contributed by atoms with Gasteiger partial charge in [-0.2, -0.15) is 5.12 Å². The summed E-state index contributed by atoms with van der Waals surface area (Å²) in [6.07, 6.45) is 0. The van der Waals surface area contributed by atoms with Gasteiger partial charge in [0.1, 0.15) is 5.69 Å². The molecule has 6 heteroatoms. The summed E-state index contributed by atoms with van der Waals surface area (Å²) in [5.74, 6) is 0. The summed E-state index contributed by atoms with van der Waals surface area (Å²) in [5, 5.41) is 5.29. The topological polar surface area (TPSA) is 67.4 Å². The minimum atomic E-state index is 0.539. The zero-order valence-corrected chi connectivity index (χ0v) is 11.1. The summed E-state index contributed by atoms with van der Waals surface area (Å²) in [5.41, 5.74) is 17.4. The van der Waals surface area contributed by atoms with Crippen molar-refractivity contribution in [3.8, 4) is 0 Å². The van der Waals surface area contributed by atoms with Crippen molar-refractivity contribution in [3.63, 3.8) is 0 Å². The van der Waals surface area contributed by atoms with Crippen LogP contribution in [-0.4, -0.2) is 7.05 Å². The number of anilines is 4. The molecule has 19 heavy (non-hydrogen) atoms. The van der Waals surface area contributed by atoms with Crippen LogP contribution in [0.4, 0.5) is 28.4 Å². The van der Waals surface area contributed by atoms with Crippen LogP contribution >= 0.6 is 11.6 Å². The smallest absolute Gasteiger partial charge is 0.129 e. The molecule has 0 saturated carbocycles. The minimum absolute atomic E-state index is 0.539. The van der Waals surface area contributed by atoms with E-state index in [0.717, 1.165) is 17.1 Å². The van der Waals surface area contributed by atoms with Gasteiger partial charge in [0.05, 0.1) is 16.4 Å². The molecule has 1 radical (unpaired) electrons. The molecule has 2 aromatic rings. The van der Waals surface area contributed by atoms with Crippen LogP contribution in [0.15, 0.2) is 36.4 Å². The van der Waals surface area contributed by atoms with Crippen molar-refractivity contribution >= 4 is 40.0 Å². The first-order valence-corrected chi connectivity index (χ1v) is 6.20. The van der Waals surface area contributed by atoms with Crippen LogP contribution in [0, 0.1) is 0 Å². The first-order valence-electron chi connectivity index (χ1n) is 5.82. The van der Waals surface area contributed by atoms with Gasteiger partial charge < -0.3 is 11.1 Å². The summed E-state index contributed by atoms with van der Waals surface area (Å²) in [7, 11) is 1.88. The average molecular weight is 275 g/mol. The normalized spacial score (nSPS) is 12.6. The number of rotatable bonds is 2. The molecule has 0 atom stereocenters. The van der Waals surface area contributed by atoms with E-state index in [9.17, 15) is 0 Å². The lowest BCUT2D eigenvalue weighted by molar-refractivity contribution is 0.867. The lowest BCUT2D eigenvalue weighted by Gasteiger charge is -2.16. The Labute approximate surface area is 116 Å². The van der Waals surface area contributed by atoms with Gasteiger partial charge in [-0.05, 0) is 36.4 Å². The van der Waals surface area contributed by atoms with Crippen LogP contribution in [0.5, 0.6) is 0 Å². The quantitative estimate of drug-likeness (QED) is 0.737. The third kappa shape index (κ3) is 2.08. The number of nitrogens with one attached hydrogen (secondary N) is 2. The van der Waals surface area contributed by atoms with E-state index in [4.69, 9.17) is 17.3 Å². The van der Waals surface area contributed by atoms with Gasteiger partial charge in [-0.3, -0.25) is 5.43 Å². The van der Waals surface area contributed by atoms with Gasteiger partial charge in [-0.25, -0.2) is 0 Å². The van der Waals surface area contributed by atoms with E-state index in [-0.39, 0.29) is 0 Å². The van der Waals surface area contributed by atoms with Gasteiger partial charge in [0.25, 0.3) is 0 Å². The number of benzene rings is 2. The molecule has 97 valence electrons. The molecule has 0 aliphatic carbocycles. The molecule has 5 nitrogen and oxygen atoms in total. The first kappa shape index (κ1) is 11.8. The zero-order chi connectivity index (χ0) is 13.4. The standard InChI is InChI=1S/C13H13ClN5/c1-16-9-2-4-10(5-3-9)19-17-12-7-8(15)6-11(14)13(12)18-19/h2-7,16-17H,15H2,1H3. The molecule has 1 heterocycles. The molecule has 0 spiro atoms. The second-order valence-corrected chi connectivity index (χ2v) is 4.63. The molecular formula is C13H13ClN5. The van der Waals surface area contributed by atoms with Crippen molar-refractivity contribution in [3.05, 3.63) is 41.4 Å². The molecule has 0 amide bonds. The van der Waals surface area contributed by atoms with Crippen LogP contribution in [0.1, 0.15) is 0 Å². The lowest BCUT2D eigenvalue weighted by Crippen LogP contribution is -2.28. The maximum atomic E-state index is 6.12. The highest BCUT2D eigenvalue weighted by molar-refractivity contribution is 6.34. The number of halogens is 1. The molecule has 0 bridgehead atoms. The summed E-state index contributed by atoms with van der Waals surface area (Å²) >= 11 is 6.12.